The van der Waals surface area contributed by atoms with Crippen molar-refractivity contribution in [2.24, 2.45) is 5.73 Å². The number of primary amides is 1. The van der Waals surface area contributed by atoms with Gasteiger partial charge in [0.25, 0.3) is 0 Å². The normalized spacial score (nSPS) is 19.4. The maximum absolute atomic E-state index is 10.9. The van der Waals surface area contributed by atoms with Crippen LogP contribution < -0.4 is 5.73 Å². The molecule has 132 valence electrons. The van der Waals surface area contributed by atoms with E-state index in [2.05, 4.69) is 15.0 Å². The number of carbonyl (C=O) groups excluding carboxylic acids is 1. The van der Waals surface area contributed by atoms with Crippen molar-refractivity contribution in [3.8, 4) is 0 Å². The number of nitrogens with zero attached hydrogens (tertiary/aromatic N) is 3. The zero-order chi connectivity index (χ0) is 18.1. The van der Waals surface area contributed by atoms with E-state index in [1.54, 1.807) is 6.08 Å². The monoisotopic (exact) mass is 468 g/mol. The van der Waals surface area contributed by atoms with Gasteiger partial charge in [-0.15, -0.1) is 0 Å². The van der Waals surface area contributed by atoms with Crippen LogP contribution in [0.5, 0.6) is 0 Å². The van der Waals surface area contributed by atoms with Crippen molar-refractivity contribution in [2.45, 2.75) is 14.0 Å². The molecule has 0 spiro atoms. The number of halogens is 6. The Labute approximate surface area is 170 Å². The smallest absolute Gasteiger partial charge is 0.250 e. The van der Waals surface area contributed by atoms with Gasteiger partial charge >= 0.3 is 0 Å². The highest BCUT2D eigenvalue weighted by molar-refractivity contribution is 8.22. The molecule has 2 rings (SSSR count). The van der Waals surface area contributed by atoms with Crippen LogP contribution in [0.4, 0.5) is 0 Å². The summed E-state index contributed by atoms with van der Waals surface area (Å²) in [6.45, 7) is 0. The summed E-state index contributed by atoms with van der Waals surface area (Å²) >= 11 is 35.0. The van der Waals surface area contributed by atoms with Crippen molar-refractivity contribution in [1.29, 1.82) is 0 Å². The van der Waals surface area contributed by atoms with Crippen LogP contribution >= 0.6 is 80.5 Å². The highest BCUT2D eigenvalue weighted by atomic mass is 35.6. The fraction of sp³-hybridized carbons (Fsp3) is 0.333. The molecule has 1 amide bonds. The Morgan fingerprint density at radius 2 is 1.58 bits per heavy atom. The molecule has 2 N–H and O–H groups in total. The minimum Gasteiger partial charge on any atom is -0.370 e. The summed E-state index contributed by atoms with van der Waals surface area (Å²) in [7, 11) is -0.658. The standard InChI is InChI=1S/C12H10Cl6N4OS/c13-11(14,15)9-20-8(21-10(22-9)12(16,17)18)6-1-3-24(5-6)4-2-7(19)23/h1,3,5,24H,2,4H2,(H2,19,23). The van der Waals surface area contributed by atoms with Gasteiger partial charge < -0.3 is 5.73 Å². The lowest BCUT2D eigenvalue weighted by molar-refractivity contribution is -0.117. The third-order valence-corrected chi connectivity index (χ3v) is 5.66. The highest BCUT2D eigenvalue weighted by Crippen LogP contribution is 2.43. The van der Waals surface area contributed by atoms with Crippen LogP contribution in [0.15, 0.2) is 16.9 Å². The predicted octanol–water partition coefficient (Wildman–Crippen LogP) is 4.27. The van der Waals surface area contributed by atoms with Gasteiger partial charge in [-0.2, -0.15) is 0 Å². The Morgan fingerprint density at radius 1 is 1.04 bits per heavy atom. The van der Waals surface area contributed by atoms with Crippen molar-refractivity contribution < 1.29 is 4.79 Å². The molecule has 1 aromatic rings. The fourth-order valence-electron chi connectivity index (χ4n) is 1.71. The molecule has 0 radical (unpaired) electrons. The van der Waals surface area contributed by atoms with Crippen molar-refractivity contribution in [1.82, 2.24) is 15.0 Å². The molecule has 1 aliphatic rings. The Morgan fingerprint density at radius 3 is 2.04 bits per heavy atom. The first-order valence-electron chi connectivity index (χ1n) is 6.32. The molecule has 0 saturated heterocycles. The second kappa shape index (κ2) is 7.74. The number of nitrogens with two attached hydrogens (primary N) is 1. The van der Waals surface area contributed by atoms with Crippen molar-refractivity contribution in [3.05, 3.63) is 34.4 Å². The van der Waals surface area contributed by atoms with Crippen LogP contribution in [-0.4, -0.2) is 26.6 Å². The predicted molar refractivity (Wildman–Crippen MR) is 103 cm³/mol. The molecule has 0 aromatic carbocycles. The van der Waals surface area contributed by atoms with Gasteiger partial charge in [0.1, 0.15) is 0 Å². The van der Waals surface area contributed by atoms with E-state index in [9.17, 15) is 4.79 Å². The van der Waals surface area contributed by atoms with Gasteiger partial charge in [-0.1, -0.05) is 69.6 Å². The molecule has 1 aliphatic heterocycles. The van der Waals surface area contributed by atoms with Crippen molar-refractivity contribution in [3.63, 3.8) is 0 Å². The molecule has 24 heavy (non-hydrogen) atoms. The summed E-state index contributed by atoms with van der Waals surface area (Å²) in [5.74, 6) is 0.186. The van der Waals surface area contributed by atoms with Gasteiger partial charge in [0, 0.05) is 12.0 Å². The zero-order valence-corrected chi connectivity index (χ0v) is 17.1. The SMILES string of the molecule is NC(=O)CC[SH]1C=CC(c2nc(C(Cl)(Cl)Cl)nc(C(Cl)(Cl)Cl)n2)=C1. The van der Waals surface area contributed by atoms with E-state index in [1.165, 1.54) is 0 Å². The Balaban J connectivity index is 2.38. The third-order valence-electron chi connectivity index (χ3n) is 2.77. The van der Waals surface area contributed by atoms with E-state index in [-0.39, 0.29) is 29.8 Å². The van der Waals surface area contributed by atoms with Gasteiger partial charge in [0.2, 0.25) is 13.5 Å². The van der Waals surface area contributed by atoms with Crippen LogP contribution in [0.1, 0.15) is 23.9 Å². The Bertz CT molecular complexity index is 680. The minimum atomic E-state index is -1.90. The minimum absolute atomic E-state index is 0.151. The second-order valence-electron chi connectivity index (χ2n) is 4.66. The number of allylic oxidation sites excluding steroid dienone is 2. The van der Waals surface area contributed by atoms with E-state index < -0.39 is 18.5 Å². The topological polar surface area (TPSA) is 81.8 Å². The van der Waals surface area contributed by atoms with Crippen LogP contribution in [0, 0.1) is 0 Å². The summed E-state index contributed by atoms with van der Waals surface area (Å²) in [4.78, 5) is 23.1. The lowest BCUT2D eigenvalue weighted by atomic mass is 10.3. The van der Waals surface area contributed by atoms with Gasteiger partial charge in [0.15, 0.2) is 17.5 Å². The average Bonchev–Trinajstić information content (AvgIpc) is 2.91. The molecule has 1 atom stereocenters. The second-order valence-corrected chi connectivity index (χ2v) is 11.3. The summed E-state index contributed by atoms with van der Waals surface area (Å²) in [6, 6.07) is 0. The van der Waals surface area contributed by atoms with Gasteiger partial charge in [-0.25, -0.2) is 25.8 Å². The average molecular weight is 471 g/mol. The van der Waals surface area contributed by atoms with Gasteiger partial charge in [-0.05, 0) is 22.6 Å². The summed E-state index contributed by atoms with van der Waals surface area (Å²) in [5, 5.41) is 3.86. The van der Waals surface area contributed by atoms with Gasteiger partial charge in [-0.3, -0.25) is 4.79 Å². The molecular weight excluding hydrogens is 461 g/mol. The van der Waals surface area contributed by atoms with E-state index in [1.807, 2.05) is 10.8 Å². The Kier molecular flexibility index (Phi) is 6.57. The molecule has 12 heteroatoms. The fourth-order valence-corrected chi connectivity index (χ4v) is 3.97. The molecule has 0 fully saturated rings. The maximum Gasteiger partial charge on any atom is 0.250 e. The lowest BCUT2D eigenvalue weighted by Crippen LogP contribution is -2.17. The van der Waals surface area contributed by atoms with Crippen LogP contribution in [0.2, 0.25) is 0 Å². The first-order chi connectivity index (χ1) is 11.0. The van der Waals surface area contributed by atoms with Crippen LogP contribution in [0.3, 0.4) is 0 Å². The molecular formula is C12H10Cl6N4OS. The van der Waals surface area contributed by atoms with E-state index in [0.29, 0.717) is 11.3 Å². The van der Waals surface area contributed by atoms with E-state index in [4.69, 9.17) is 75.3 Å². The molecule has 1 aromatic heterocycles. The number of hydrogen-bond donors (Lipinski definition) is 2. The molecule has 0 bridgehead atoms. The number of alkyl halides is 6. The number of rotatable bonds is 4. The molecule has 0 saturated carbocycles. The lowest BCUT2D eigenvalue weighted by Gasteiger charge is -2.15. The van der Waals surface area contributed by atoms with E-state index in [0.717, 1.165) is 0 Å². The highest BCUT2D eigenvalue weighted by Gasteiger charge is 2.34. The number of thiol groups is 1. The first kappa shape index (κ1) is 20.4. The maximum atomic E-state index is 10.9. The number of amides is 1. The first-order valence-corrected chi connectivity index (χ1v) is 10.2. The third kappa shape index (κ3) is 5.53. The molecule has 2 heterocycles. The zero-order valence-electron chi connectivity index (χ0n) is 11.7. The summed E-state index contributed by atoms with van der Waals surface area (Å²) in [6.07, 6.45) is 2.09. The largest absolute Gasteiger partial charge is 0.370 e. The van der Waals surface area contributed by atoms with E-state index >= 15 is 0 Å². The molecule has 5 nitrogen and oxygen atoms in total. The van der Waals surface area contributed by atoms with Crippen LogP contribution in [0.25, 0.3) is 5.57 Å². The van der Waals surface area contributed by atoms with Crippen molar-refractivity contribution >= 4 is 92.0 Å². The quantitative estimate of drug-likeness (QED) is 0.508. The molecule has 1 unspecified atom stereocenters. The summed E-state index contributed by atoms with van der Waals surface area (Å²) in [5.41, 5.74) is 5.82. The van der Waals surface area contributed by atoms with Crippen LogP contribution in [-0.2, 0) is 12.4 Å². The van der Waals surface area contributed by atoms with Gasteiger partial charge in [0.05, 0.1) is 0 Å². The number of carbonyl (C=O) groups is 1. The molecule has 0 aliphatic carbocycles. The number of aromatic nitrogens is 3. The van der Waals surface area contributed by atoms with Crippen molar-refractivity contribution in [2.75, 3.05) is 5.75 Å². The Hall–Kier alpha value is 0.0500. The summed E-state index contributed by atoms with van der Waals surface area (Å²) < 4.78 is -3.80. The number of hydrogen-bond acceptors (Lipinski definition) is 4.